The van der Waals surface area contributed by atoms with Crippen LogP contribution < -0.4 is 4.74 Å². The van der Waals surface area contributed by atoms with E-state index in [1.165, 1.54) is 14.2 Å². The molecule has 0 heterocycles. The van der Waals surface area contributed by atoms with Crippen LogP contribution in [0.25, 0.3) is 5.76 Å². The van der Waals surface area contributed by atoms with Gasteiger partial charge < -0.3 is 14.6 Å². The molecule has 0 amide bonds. The Bertz CT molecular complexity index is 476. The summed E-state index contributed by atoms with van der Waals surface area (Å²) in [7, 11) is 2.65. The van der Waals surface area contributed by atoms with Crippen molar-refractivity contribution in [3.8, 4) is 5.75 Å². The van der Waals surface area contributed by atoms with Crippen molar-refractivity contribution in [1.29, 1.82) is 0 Å². The number of ether oxygens (including phenoxy) is 2. The van der Waals surface area contributed by atoms with Crippen LogP contribution >= 0.6 is 0 Å². The predicted molar refractivity (Wildman–Crippen MR) is 65.2 cm³/mol. The fourth-order valence-corrected chi connectivity index (χ4v) is 1.35. The second-order valence-corrected chi connectivity index (χ2v) is 3.45. The van der Waals surface area contributed by atoms with Crippen LogP contribution in [0.1, 0.15) is 12.0 Å². The highest BCUT2D eigenvalue weighted by Gasteiger charge is 2.11. The maximum absolute atomic E-state index is 11.4. The van der Waals surface area contributed by atoms with Crippen molar-refractivity contribution in [1.82, 2.24) is 0 Å². The molecule has 0 saturated carbocycles. The Morgan fingerprint density at radius 3 is 2.56 bits per heavy atom. The number of esters is 1. The summed E-state index contributed by atoms with van der Waals surface area (Å²) in [6, 6.07) is 6.71. The second kappa shape index (κ2) is 6.44. The number of ketones is 1. The molecular formula is C13H14O5. The highest BCUT2D eigenvalue weighted by Crippen LogP contribution is 2.23. The van der Waals surface area contributed by atoms with Gasteiger partial charge in [-0.3, -0.25) is 9.59 Å². The van der Waals surface area contributed by atoms with Gasteiger partial charge in [0.05, 0.1) is 19.8 Å². The minimum absolute atomic E-state index is 0.249. The molecule has 1 aromatic carbocycles. The highest BCUT2D eigenvalue weighted by molar-refractivity contribution is 6.05. The van der Waals surface area contributed by atoms with Gasteiger partial charge in [0, 0.05) is 6.08 Å². The van der Waals surface area contributed by atoms with Gasteiger partial charge in [0.1, 0.15) is 17.9 Å². The van der Waals surface area contributed by atoms with E-state index in [1.807, 2.05) is 0 Å². The normalized spacial score (nSPS) is 10.9. The third-order valence-corrected chi connectivity index (χ3v) is 2.23. The lowest BCUT2D eigenvalue weighted by molar-refractivity contribution is -0.142. The zero-order chi connectivity index (χ0) is 13.5. The first-order valence-electron chi connectivity index (χ1n) is 5.22. The van der Waals surface area contributed by atoms with Crippen LogP contribution in [0.15, 0.2) is 30.3 Å². The summed E-state index contributed by atoms with van der Waals surface area (Å²) in [5.74, 6) is -0.993. The molecule has 1 aromatic rings. The van der Waals surface area contributed by atoms with E-state index in [0.717, 1.165) is 6.08 Å². The largest absolute Gasteiger partial charge is 0.507 e. The van der Waals surface area contributed by atoms with Crippen LogP contribution in [-0.2, 0) is 14.3 Å². The fraction of sp³-hybridized carbons (Fsp3) is 0.231. The maximum Gasteiger partial charge on any atom is 0.313 e. The standard InChI is InChI=1S/C13H14O5/c1-17-12-6-4-3-5-10(12)11(15)7-9(14)8-13(16)18-2/h3-7,15H,8H2,1-2H3/b11-7-. The van der Waals surface area contributed by atoms with Crippen molar-refractivity contribution in [3.63, 3.8) is 0 Å². The number of aliphatic hydroxyl groups excluding tert-OH is 1. The number of carbonyl (C=O) groups is 2. The maximum atomic E-state index is 11.4. The molecular weight excluding hydrogens is 236 g/mol. The first kappa shape index (κ1) is 13.8. The average molecular weight is 250 g/mol. The Morgan fingerprint density at radius 2 is 1.94 bits per heavy atom. The van der Waals surface area contributed by atoms with Crippen molar-refractivity contribution in [2.45, 2.75) is 6.42 Å². The molecule has 0 aromatic heterocycles. The molecule has 0 spiro atoms. The van der Waals surface area contributed by atoms with Gasteiger partial charge in [-0.1, -0.05) is 12.1 Å². The summed E-state index contributed by atoms with van der Waals surface area (Å²) in [4.78, 5) is 22.3. The van der Waals surface area contributed by atoms with Crippen LogP contribution in [0.4, 0.5) is 0 Å². The predicted octanol–water partition coefficient (Wildman–Crippen LogP) is 1.73. The molecule has 5 nitrogen and oxygen atoms in total. The fourth-order valence-electron chi connectivity index (χ4n) is 1.35. The Labute approximate surface area is 105 Å². The molecule has 0 radical (unpaired) electrons. The number of rotatable bonds is 5. The van der Waals surface area contributed by atoms with Crippen molar-refractivity contribution in [3.05, 3.63) is 35.9 Å². The van der Waals surface area contributed by atoms with Crippen molar-refractivity contribution < 1.29 is 24.2 Å². The van der Waals surface area contributed by atoms with E-state index in [9.17, 15) is 14.7 Å². The summed E-state index contributed by atoms with van der Waals surface area (Å²) in [6.45, 7) is 0. The van der Waals surface area contributed by atoms with Crippen LogP contribution in [0.3, 0.4) is 0 Å². The lowest BCUT2D eigenvalue weighted by Gasteiger charge is -2.06. The number of carbonyl (C=O) groups excluding carboxylic acids is 2. The second-order valence-electron chi connectivity index (χ2n) is 3.45. The molecule has 0 aliphatic rings. The summed E-state index contributed by atoms with van der Waals surface area (Å²) in [6.07, 6.45) is 0.574. The SMILES string of the molecule is COC(=O)CC(=O)/C=C(\O)c1ccccc1OC. The minimum atomic E-state index is -0.649. The summed E-state index contributed by atoms with van der Waals surface area (Å²) in [5, 5.41) is 9.80. The summed E-state index contributed by atoms with van der Waals surface area (Å²) >= 11 is 0. The van der Waals surface area contributed by atoms with Gasteiger partial charge in [0.25, 0.3) is 0 Å². The van der Waals surface area contributed by atoms with Gasteiger partial charge in [0.15, 0.2) is 5.78 Å². The quantitative estimate of drug-likeness (QED) is 0.373. The molecule has 0 aliphatic heterocycles. The van der Waals surface area contributed by atoms with Crippen molar-refractivity contribution in [2.75, 3.05) is 14.2 Å². The smallest absolute Gasteiger partial charge is 0.313 e. The number of methoxy groups -OCH3 is 2. The Morgan fingerprint density at radius 1 is 1.28 bits per heavy atom. The minimum Gasteiger partial charge on any atom is -0.507 e. The molecule has 0 bridgehead atoms. The topological polar surface area (TPSA) is 72.8 Å². The van der Waals surface area contributed by atoms with E-state index < -0.39 is 18.2 Å². The summed E-state index contributed by atoms with van der Waals surface area (Å²) < 4.78 is 9.40. The molecule has 0 atom stereocenters. The Kier molecular flexibility index (Phi) is 4.92. The van der Waals surface area contributed by atoms with E-state index in [0.29, 0.717) is 11.3 Å². The number of hydrogen-bond donors (Lipinski definition) is 1. The molecule has 5 heteroatoms. The van der Waals surface area contributed by atoms with Gasteiger partial charge in [0.2, 0.25) is 0 Å². The van der Waals surface area contributed by atoms with Crippen LogP contribution in [0.2, 0.25) is 0 Å². The Balaban J connectivity index is 2.89. The van der Waals surface area contributed by atoms with Gasteiger partial charge in [-0.25, -0.2) is 0 Å². The van der Waals surface area contributed by atoms with E-state index in [4.69, 9.17) is 4.74 Å². The number of hydrogen-bond acceptors (Lipinski definition) is 5. The molecule has 96 valence electrons. The number of benzene rings is 1. The van der Waals surface area contributed by atoms with E-state index in [2.05, 4.69) is 4.74 Å². The van der Waals surface area contributed by atoms with Gasteiger partial charge in [-0.05, 0) is 12.1 Å². The number of allylic oxidation sites excluding steroid dienone is 1. The molecule has 18 heavy (non-hydrogen) atoms. The van der Waals surface area contributed by atoms with Crippen LogP contribution in [0, 0.1) is 0 Å². The van der Waals surface area contributed by atoms with Gasteiger partial charge in [-0.2, -0.15) is 0 Å². The lowest BCUT2D eigenvalue weighted by atomic mass is 10.1. The highest BCUT2D eigenvalue weighted by atomic mass is 16.5. The molecule has 0 aliphatic carbocycles. The van der Waals surface area contributed by atoms with Gasteiger partial charge in [-0.15, -0.1) is 0 Å². The lowest BCUT2D eigenvalue weighted by Crippen LogP contribution is -2.07. The average Bonchev–Trinajstić information content (AvgIpc) is 2.38. The zero-order valence-corrected chi connectivity index (χ0v) is 10.2. The van der Waals surface area contributed by atoms with E-state index in [1.54, 1.807) is 24.3 Å². The van der Waals surface area contributed by atoms with Crippen molar-refractivity contribution in [2.24, 2.45) is 0 Å². The Hall–Kier alpha value is -2.30. The van der Waals surface area contributed by atoms with E-state index in [-0.39, 0.29) is 5.76 Å². The molecule has 1 rings (SSSR count). The van der Waals surface area contributed by atoms with E-state index >= 15 is 0 Å². The third kappa shape index (κ3) is 3.62. The van der Waals surface area contributed by atoms with Crippen molar-refractivity contribution >= 4 is 17.5 Å². The zero-order valence-electron chi connectivity index (χ0n) is 10.2. The molecule has 1 N–H and O–H groups in total. The molecule has 0 fully saturated rings. The third-order valence-electron chi connectivity index (χ3n) is 2.23. The first-order chi connectivity index (χ1) is 8.58. The van der Waals surface area contributed by atoms with Crippen LogP contribution in [0.5, 0.6) is 5.75 Å². The van der Waals surface area contributed by atoms with Crippen LogP contribution in [-0.4, -0.2) is 31.1 Å². The number of aliphatic hydroxyl groups is 1. The monoisotopic (exact) mass is 250 g/mol. The molecule has 0 saturated heterocycles. The summed E-state index contributed by atoms with van der Waals surface area (Å²) in [5.41, 5.74) is 0.387. The first-order valence-corrected chi connectivity index (χ1v) is 5.22. The molecule has 0 unspecified atom stereocenters. The number of para-hydroxylation sites is 1. The van der Waals surface area contributed by atoms with Gasteiger partial charge >= 0.3 is 5.97 Å².